The van der Waals surface area contributed by atoms with Crippen LogP contribution in [0.4, 0.5) is 0 Å². The summed E-state index contributed by atoms with van der Waals surface area (Å²) in [6, 6.07) is 3.34. The first-order valence-corrected chi connectivity index (χ1v) is 8.20. The third kappa shape index (κ3) is 3.28. The first-order valence-electron chi connectivity index (χ1n) is 5.84. The molecule has 0 saturated heterocycles. The molecule has 3 N–H and O–H groups in total. The molecule has 1 aliphatic carbocycles. The molecule has 4 nitrogen and oxygen atoms in total. The van der Waals surface area contributed by atoms with Gasteiger partial charge < -0.3 is 5.73 Å². The predicted molar refractivity (Wildman–Crippen MR) is 69.5 cm³/mol. The van der Waals surface area contributed by atoms with Crippen LogP contribution in [0.25, 0.3) is 0 Å². The minimum Gasteiger partial charge on any atom is -0.324 e. The number of sulfonamides is 1. The summed E-state index contributed by atoms with van der Waals surface area (Å²) in [4.78, 5) is 0. The van der Waals surface area contributed by atoms with Gasteiger partial charge in [-0.3, -0.25) is 0 Å². The highest BCUT2D eigenvalue weighted by Gasteiger charge is 2.29. The molecule has 0 amide bonds. The van der Waals surface area contributed by atoms with Gasteiger partial charge in [-0.25, -0.2) is 13.1 Å². The van der Waals surface area contributed by atoms with Crippen LogP contribution >= 0.6 is 11.3 Å². The maximum absolute atomic E-state index is 11.9. The highest BCUT2D eigenvalue weighted by Crippen LogP contribution is 2.26. The molecule has 0 bridgehead atoms. The SMILES string of the molecule is NC1(CNS(=O)(=O)c2cccs2)CCCCC1. The summed E-state index contributed by atoms with van der Waals surface area (Å²) in [5, 5.41) is 1.76. The first-order chi connectivity index (χ1) is 8.02. The maximum atomic E-state index is 11.9. The van der Waals surface area contributed by atoms with Gasteiger partial charge in [0.1, 0.15) is 4.21 Å². The molecular weight excluding hydrogens is 256 g/mol. The Kier molecular flexibility index (Phi) is 3.87. The molecule has 0 aromatic carbocycles. The molecule has 0 unspecified atom stereocenters. The number of thiophene rings is 1. The van der Waals surface area contributed by atoms with Crippen LogP contribution in [0.1, 0.15) is 32.1 Å². The van der Waals surface area contributed by atoms with Crippen molar-refractivity contribution in [1.29, 1.82) is 0 Å². The molecule has 1 aliphatic rings. The summed E-state index contributed by atoms with van der Waals surface area (Å²) in [6.45, 7) is 0.341. The minimum atomic E-state index is -3.37. The Hall–Kier alpha value is -0.430. The van der Waals surface area contributed by atoms with E-state index in [0.717, 1.165) is 25.7 Å². The van der Waals surface area contributed by atoms with Crippen molar-refractivity contribution in [3.63, 3.8) is 0 Å². The quantitative estimate of drug-likeness (QED) is 0.877. The van der Waals surface area contributed by atoms with E-state index in [-0.39, 0.29) is 5.54 Å². The van der Waals surface area contributed by atoms with Crippen LogP contribution in [0.15, 0.2) is 21.7 Å². The van der Waals surface area contributed by atoms with Gasteiger partial charge in [0.25, 0.3) is 0 Å². The zero-order chi connectivity index (χ0) is 12.4. The summed E-state index contributed by atoms with van der Waals surface area (Å²) in [5.41, 5.74) is 5.84. The Labute approximate surface area is 106 Å². The lowest BCUT2D eigenvalue weighted by atomic mass is 9.83. The normalized spacial score (nSPS) is 20.3. The molecule has 1 aromatic heterocycles. The second-order valence-corrected chi connectivity index (χ2v) is 7.62. The highest BCUT2D eigenvalue weighted by atomic mass is 32.2. The van der Waals surface area contributed by atoms with E-state index in [9.17, 15) is 8.42 Å². The molecule has 1 heterocycles. The zero-order valence-corrected chi connectivity index (χ0v) is 11.3. The average molecular weight is 274 g/mol. The summed E-state index contributed by atoms with van der Waals surface area (Å²) < 4.78 is 26.8. The fourth-order valence-corrected chi connectivity index (χ4v) is 4.33. The van der Waals surface area contributed by atoms with Crippen molar-refractivity contribution in [1.82, 2.24) is 4.72 Å². The maximum Gasteiger partial charge on any atom is 0.250 e. The number of nitrogens with one attached hydrogen (secondary N) is 1. The van der Waals surface area contributed by atoms with Crippen molar-refractivity contribution in [2.75, 3.05) is 6.54 Å². The minimum absolute atomic E-state index is 0.341. The molecule has 2 rings (SSSR count). The van der Waals surface area contributed by atoms with Gasteiger partial charge >= 0.3 is 0 Å². The van der Waals surface area contributed by atoms with Gasteiger partial charge in [-0.15, -0.1) is 11.3 Å². The molecule has 1 aromatic rings. The zero-order valence-electron chi connectivity index (χ0n) is 9.69. The van der Waals surface area contributed by atoms with E-state index in [0.29, 0.717) is 10.8 Å². The standard InChI is InChI=1S/C11H18N2O2S2/c12-11(6-2-1-3-7-11)9-13-17(14,15)10-5-4-8-16-10/h4-5,8,13H,1-3,6-7,9,12H2. The van der Waals surface area contributed by atoms with Crippen molar-refractivity contribution in [3.05, 3.63) is 17.5 Å². The highest BCUT2D eigenvalue weighted by molar-refractivity contribution is 7.91. The lowest BCUT2D eigenvalue weighted by Gasteiger charge is -2.33. The summed E-state index contributed by atoms with van der Waals surface area (Å²) in [7, 11) is -3.37. The van der Waals surface area contributed by atoms with Crippen molar-refractivity contribution in [3.8, 4) is 0 Å². The Morgan fingerprint density at radius 3 is 2.65 bits per heavy atom. The Balaban J connectivity index is 1.98. The fourth-order valence-electron chi connectivity index (χ4n) is 2.16. The molecule has 1 saturated carbocycles. The van der Waals surface area contributed by atoms with Crippen molar-refractivity contribution >= 4 is 21.4 Å². The number of hydrogen-bond acceptors (Lipinski definition) is 4. The molecule has 1 fully saturated rings. The van der Waals surface area contributed by atoms with Gasteiger partial charge in [-0.1, -0.05) is 25.3 Å². The molecule has 6 heteroatoms. The van der Waals surface area contributed by atoms with Crippen LogP contribution in [-0.2, 0) is 10.0 Å². The lowest BCUT2D eigenvalue weighted by Crippen LogP contribution is -2.51. The molecule has 96 valence electrons. The van der Waals surface area contributed by atoms with E-state index in [1.54, 1.807) is 17.5 Å². The van der Waals surface area contributed by atoms with Gasteiger partial charge in [0.15, 0.2) is 0 Å². The lowest BCUT2D eigenvalue weighted by molar-refractivity contribution is 0.296. The first kappa shape index (κ1) is 13.0. The molecule has 0 spiro atoms. The topological polar surface area (TPSA) is 72.2 Å². The van der Waals surface area contributed by atoms with Crippen LogP contribution in [0.2, 0.25) is 0 Å². The molecule has 0 atom stereocenters. The van der Waals surface area contributed by atoms with Crippen LogP contribution in [0, 0.1) is 0 Å². The number of hydrogen-bond donors (Lipinski definition) is 2. The van der Waals surface area contributed by atoms with Gasteiger partial charge in [0, 0.05) is 12.1 Å². The monoisotopic (exact) mass is 274 g/mol. The van der Waals surface area contributed by atoms with Gasteiger partial charge in [-0.05, 0) is 24.3 Å². The van der Waals surface area contributed by atoms with E-state index in [1.165, 1.54) is 17.8 Å². The fraction of sp³-hybridized carbons (Fsp3) is 0.636. The molecular formula is C11H18N2O2S2. The molecule has 0 radical (unpaired) electrons. The van der Waals surface area contributed by atoms with Crippen LogP contribution in [0.5, 0.6) is 0 Å². The third-order valence-corrected chi connectivity index (χ3v) is 6.02. The van der Waals surface area contributed by atoms with E-state index in [1.807, 2.05) is 0 Å². The van der Waals surface area contributed by atoms with E-state index >= 15 is 0 Å². The van der Waals surface area contributed by atoms with Gasteiger partial charge in [0.05, 0.1) is 0 Å². The number of nitrogens with two attached hydrogens (primary N) is 1. The Bertz CT molecular complexity index is 448. The van der Waals surface area contributed by atoms with E-state index < -0.39 is 10.0 Å². The second-order valence-electron chi connectivity index (χ2n) is 4.68. The van der Waals surface area contributed by atoms with Crippen molar-refractivity contribution in [2.45, 2.75) is 41.9 Å². The van der Waals surface area contributed by atoms with Crippen molar-refractivity contribution < 1.29 is 8.42 Å². The number of rotatable bonds is 4. The average Bonchev–Trinajstić information content (AvgIpc) is 2.82. The molecule has 17 heavy (non-hydrogen) atoms. The largest absolute Gasteiger partial charge is 0.324 e. The third-order valence-electron chi connectivity index (χ3n) is 3.22. The second kappa shape index (κ2) is 5.06. The van der Waals surface area contributed by atoms with Gasteiger partial charge in [0.2, 0.25) is 10.0 Å². The van der Waals surface area contributed by atoms with Crippen LogP contribution < -0.4 is 10.5 Å². The van der Waals surface area contributed by atoms with Gasteiger partial charge in [-0.2, -0.15) is 0 Å². The molecule has 0 aliphatic heterocycles. The predicted octanol–water partition coefficient (Wildman–Crippen LogP) is 1.69. The summed E-state index contributed by atoms with van der Waals surface area (Å²) in [5.74, 6) is 0. The Morgan fingerprint density at radius 2 is 2.06 bits per heavy atom. The van der Waals surface area contributed by atoms with Crippen LogP contribution in [-0.4, -0.2) is 20.5 Å². The van der Waals surface area contributed by atoms with Crippen molar-refractivity contribution in [2.24, 2.45) is 5.73 Å². The van der Waals surface area contributed by atoms with E-state index in [2.05, 4.69) is 4.72 Å². The Morgan fingerprint density at radius 1 is 1.35 bits per heavy atom. The van der Waals surface area contributed by atoms with Crippen LogP contribution in [0.3, 0.4) is 0 Å². The summed E-state index contributed by atoms with van der Waals surface area (Å²) in [6.07, 6.45) is 5.20. The summed E-state index contributed by atoms with van der Waals surface area (Å²) >= 11 is 1.22. The smallest absolute Gasteiger partial charge is 0.250 e. The van der Waals surface area contributed by atoms with E-state index in [4.69, 9.17) is 5.73 Å².